The van der Waals surface area contributed by atoms with Crippen LogP contribution in [-0.4, -0.2) is 16.2 Å². The Morgan fingerprint density at radius 2 is 2.38 bits per heavy atom. The van der Waals surface area contributed by atoms with E-state index in [0.717, 1.165) is 5.76 Å². The zero-order chi connectivity index (χ0) is 11.4. The summed E-state index contributed by atoms with van der Waals surface area (Å²) in [4.78, 5) is 0. The molecule has 0 fully saturated rings. The molecule has 4 nitrogen and oxygen atoms in total. The van der Waals surface area contributed by atoms with E-state index < -0.39 is 6.43 Å². The highest BCUT2D eigenvalue weighted by Crippen LogP contribution is 2.09. The average Bonchev–Trinajstić information content (AvgIpc) is 2.84. The van der Waals surface area contributed by atoms with E-state index in [1.807, 2.05) is 6.07 Å². The van der Waals surface area contributed by atoms with Gasteiger partial charge in [0, 0.05) is 6.20 Å². The minimum atomic E-state index is -2.39. The fourth-order valence-corrected chi connectivity index (χ4v) is 1.30. The largest absolute Gasteiger partial charge is 0.467 e. The van der Waals surface area contributed by atoms with Gasteiger partial charge < -0.3 is 9.73 Å². The number of halogens is 2. The summed E-state index contributed by atoms with van der Waals surface area (Å²) in [6.07, 6.45) is 2.23. The number of nitrogens with one attached hydrogen (secondary N) is 1. The standard InChI is InChI=1S/C10H11F2N3O/c11-10(12)7-15-6-8(4-14-15)13-5-9-2-1-3-16-9/h1-4,6,10,13H,5,7H2. The Balaban J connectivity index is 1.88. The Morgan fingerprint density at radius 1 is 1.50 bits per heavy atom. The van der Waals surface area contributed by atoms with Crippen molar-refractivity contribution in [3.05, 3.63) is 36.5 Å². The van der Waals surface area contributed by atoms with Gasteiger partial charge in [0.15, 0.2) is 0 Å². The van der Waals surface area contributed by atoms with Crippen LogP contribution in [0.3, 0.4) is 0 Å². The normalized spacial score (nSPS) is 10.9. The van der Waals surface area contributed by atoms with E-state index in [1.165, 1.54) is 17.1 Å². The Hall–Kier alpha value is -1.85. The van der Waals surface area contributed by atoms with Crippen LogP contribution in [0.2, 0.25) is 0 Å². The average molecular weight is 227 g/mol. The summed E-state index contributed by atoms with van der Waals surface area (Å²) in [5.41, 5.74) is 0.692. The van der Waals surface area contributed by atoms with Crippen LogP contribution >= 0.6 is 0 Å². The fraction of sp³-hybridized carbons (Fsp3) is 0.300. The van der Waals surface area contributed by atoms with Crippen molar-refractivity contribution in [2.75, 3.05) is 5.32 Å². The third-order valence-corrected chi connectivity index (χ3v) is 2.01. The molecule has 0 aliphatic heterocycles. The highest BCUT2D eigenvalue weighted by molar-refractivity contribution is 5.38. The third kappa shape index (κ3) is 2.82. The van der Waals surface area contributed by atoms with Gasteiger partial charge in [0.2, 0.25) is 0 Å². The molecule has 0 unspecified atom stereocenters. The number of anilines is 1. The molecular weight excluding hydrogens is 216 g/mol. The second-order valence-corrected chi connectivity index (χ2v) is 3.28. The summed E-state index contributed by atoms with van der Waals surface area (Å²) in [5.74, 6) is 0.779. The molecule has 0 radical (unpaired) electrons. The quantitative estimate of drug-likeness (QED) is 0.852. The molecule has 2 rings (SSSR count). The first-order valence-corrected chi connectivity index (χ1v) is 4.81. The minimum absolute atomic E-state index is 0.386. The number of alkyl halides is 2. The molecule has 2 aromatic heterocycles. The highest BCUT2D eigenvalue weighted by atomic mass is 19.3. The van der Waals surface area contributed by atoms with Crippen LogP contribution in [0, 0.1) is 0 Å². The maximum absolute atomic E-state index is 12.0. The van der Waals surface area contributed by atoms with Crippen LogP contribution in [0.15, 0.2) is 35.2 Å². The number of hydrogen-bond donors (Lipinski definition) is 1. The van der Waals surface area contributed by atoms with Crippen molar-refractivity contribution in [1.82, 2.24) is 9.78 Å². The fourth-order valence-electron chi connectivity index (χ4n) is 1.30. The van der Waals surface area contributed by atoms with Crippen molar-refractivity contribution in [2.45, 2.75) is 19.5 Å². The summed E-state index contributed by atoms with van der Waals surface area (Å²) in [5, 5.41) is 6.82. The van der Waals surface area contributed by atoms with Gasteiger partial charge in [-0.05, 0) is 12.1 Å². The smallest absolute Gasteiger partial charge is 0.257 e. The van der Waals surface area contributed by atoms with Gasteiger partial charge in [-0.25, -0.2) is 8.78 Å². The Labute approximate surface area is 90.9 Å². The number of hydrogen-bond acceptors (Lipinski definition) is 3. The van der Waals surface area contributed by atoms with E-state index >= 15 is 0 Å². The van der Waals surface area contributed by atoms with E-state index in [9.17, 15) is 8.78 Å². The molecule has 2 aromatic rings. The van der Waals surface area contributed by atoms with Gasteiger partial charge in [-0.15, -0.1) is 0 Å². The summed E-state index contributed by atoms with van der Waals surface area (Å²) >= 11 is 0. The van der Waals surface area contributed by atoms with E-state index in [0.29, 0.717) is 12.2 Å². The molecule has 0 amide bonds. The predicted octanol–water partition coefficient (Wildman–Crippen LogP) is 2.35. The van der Waals surface area contributed by atoms with E-state index in [-0.39, 0.29) is 6.54 Å². The Kier molecular flexibility index (Phi) is 3.19. The summed E-state index contributed by atoms with van der Waals surface area (Å²) < 4.78 is 30.4. The molecule has 0 bridgehead atoms. The van der Waals surface area contributed by atoms with Crippen LogP contribution in [0.25, 0.3) is 0 Å². The van der Waals surface area contributed by atoms with Crippen molar-refractivity contribution < 1.29 is 13.2 Å². The molecule has 2 heterocycles. The molecule has 86 valence electrons. The predicted molar refractivity (Wildman–Crippen MR) is 54.3 cm³/mol. The molecule has 16 heavy (non-hydrogen) atoms. The first-order chi connectivity index (χ1) is 7.74. The lowest BCUT2D eigenvalue weighted by Gasteiger charge is -2.00. The van der Waals surface area contributed by atoms with Crippen LogP contribution in [0.1, 0.15) is 5.76 Å². The van der Waals surface area contributed by atoms with Crippen molar-refractivity contribution in [1.29, 1.82) is 0 Å². The zero-order valence-electron chi connectivity index (χ0n) is 8.44. The first-order valence-electron chi connectivity index (χ1n) is 4.81. The van der Waals surface area contributed by atoms with E-state index in [2.05, 4.69) is 10.4 Å². The maximum atomic E-state index is 12.0. The van der Waals surface area contributed by atoms with Crippen molar-refractivity contribution in [3.63, 3.8) is 0 Å². The molecular formula is C10H11F2N3O. The van der Waals surface area contributed by atoms with Crippen LogP contribution in [0.5, 0.6) is 0 Å². The summed E-state index contributed by atoms with van der Waals surface area (Å²) in [6, 6.07) is 3.62. The molecule has 6 heteroatoms. The highest BCUT2D eigenvalue weighted by Gasteiger charge is 2.05. The molecule has 0 atom stereocenters. The van der Waals surface area contributed by atoms with Crippen molar-refractivity contribution in [3.8, 4) is 0 Å². The maximum Gasteiger partial charge on any atom is 0.257 e. The topological polar surface area (TPSA) is 43.0 Å². The lowest BCUT2D eigenvalue weighted by molar-refractivity contribution is 0.122. The molecule has 0 aliphatic carbocycles. The van der Waals surface area contributed by atoms with Gasteiger partial charge >= 0.3 is 0 Å². The molecule has 0 aliphatic rings. The summed E-state index contributed by atoms with van der Waals surface area (Å²) in [7, 11) is 0. The lowest BCUT2D eigenvalue weighted by atomic mass is 10.4. The number of furan rings is 1. The van der Waals surface area contributed by atoms with Gasteiger partial charge in [0.1, 0.15) is 12.3 Å². The van der Waals surface area contributed by atoms with Gasteiger partial charge in [0.05, 0.1) is 24.7 Å². The van der Waals surface area contributed by atoms with Gasteiger partial charge in [-0.2, -0.15) is 5.10 Å². The SMILES string of the molecule is FC(F)Cn1cc(NCc2ccco2)cn1. The lowest BCUT2D eigenvalue weighted by Crippen LogP contribution is -2.06. The van der Waals surface area contributed by atoms with E-state index in [1.54, 1.807) is 12.3 Å². The molecule has 1 N–H and O–H groups in total. The second-order valence-electron chi connectivity index (χ2n) is 3.28. The van der Waals surface area contributed by atoms with Crippen molar-refractivity contribution >= 4 is 5.69 Å². The zero-order valence-corrected chi connectivity index (χ0v) is 8.44. The molecule has 0 saturated carbocycles. The Morgan fingerprint density at radius 3 is 3.06 bits per heavy atom. The molecule has 0 aromatic carbocycles. The van der Waals surface area contributed by atoms with Gasteiger partial charge in [-0.3, -0.25) is 4.68 Å². The monoisotopic (exact) mass is 227 g/mol. The second kappa shape index (κ2) is 4.78. The summed E-state index contributed by atoms with van der Waals surface area (Å²) in [6.45, 7) is 0.121. The molecule has 0 saturated heterocycles. The van der Waals surface area contributed by atoms with E-state index in [4.69, 9.17) is 4.42 Å². The molecule has 0 spiro atoms. The van der Waals surface area contributed by atoms with Crippen LogP contribution < -0.4 is 5.32 Å². The number of rotatable bonds is 5. The number of nitrogens with zero attached hydrogens (tertiary/aromatic N) is 2. The number of aromatic nitrogens is 2. The van der Waals surface area contributed by atoms with Gasteiger partial charge in [-0.1, -0.05) is 0 Å². The third-order valence-electron chi connectivity index (χ3n) is 2.01. The van der Waals surface area contributed by atoms with Crippen molar-refractivity contribution in [2.24, 2.45) is 0 Å². The minimum Gasteiger partial charge on any atom is -0.467 e. The van der Waals surface area contributed by atoms with Crippen LogP contribution in [-0.2, 0) is 13.1 Å². The first kappa shape index (κ1) is 10.7. The van der Waals surface area contributed by atoms with Gasteiger partial charge in [0.25, 0.3) is 6.43 Å². The Bertz CT molecular complexity index is 425. The van der Waals surface area contributed by atoms with Crippen LogP contribution in [0.4, 0.5) is 14.5 Å².